The maximum Gasteiger partial charge on any atom is 0.338 e. The highest BCUT2D eigenvalue weighted by molar-refractivity contribution is 9.11. The Labute approximate surface area is 234 Å². The number of nitrogens with zero attached hydrogens (tertiary/aromatic N) is 2. The van der Waals surface area contributed by atoms with Crippen LogP contribution in [0, 0.1) is 0 Å². The highest BCUT2D eigenvalue weighted by Crippen LogP contribution is 2.35. The van der Waals surface area contributed by atoms with Gasteiger partial charge >= 0.3 is 5.97 Å². The molecule has 1 aromatic heterocycles. The van der Waals surface area contributed by atoms with Gasteiger partial charge < -0.3 is 9.47 Å². The molecule has 2 aromatic carbocycles. The van der Waals surface area contributed by atoms with Gasteiger partial charge in [-0.05, 0) is 100 Å². The van der Waals surface area contributed by atoms with Gasteiger partial charge in [-0.2, -0.15) is 0 Å². The SMILES string of the molecule is CCOC(=O)C1=C(C)N=c2s/c(=C\c3cc(Br)c(OCC)c(Br)c3)c(=O)n2[C@@H]1c1ccc(SC)cc1. The molecule has 0 radical (unpaired) electrons. The second kappa shape index (κ2) is 11.5. The van der Waals surface area contributed by atoms with Crippen LogP contribution in [0.3, 0.4) is 0 Å². The van der Waals surface area contributed by atoms with Crippen molar-refractivity contribution in [1.29, 1.82) is 0 Å². The van der Waals surface area contributed by atoms with Crippen LogP contribution in [0.5, 0.6) is 5.75 Å². The minimum Gasteiger partial charge on any atom is -0.492 e. The van der Waals surface area contributed by atoms with Gasteiger partial charge in [-0.1, -0.05) is 23.5 Å². The van der Waals surface area contributed by atoms with Crippen LogP contribution >= 0.6 is 55.0 Å². The van der Waals surface area contributed by atoms with E-state index in [-0.39, 0.29) is 12.2 Å². The molecule has 0 amide bonds. The van der Waals surface area contributed by atoms with Crippen molar-refractivity contribution in [2.75, 3.05) is 19.5 Å². The monoisotopic (exact) mass is 650 g/mol. The normalized spacial score (nSPS) is 15.5. The van der Waals surface area contributed by atoms with Crippen LogP contribution in [0.15, 0.2) is 71.3 Å². The van der Waals surface area contributed by atoms with Crippen molar-refractivity contribution in [3.63, 3.8) is 0 Å². The van der Waals surface area contributed by atoms with Crippen molar-refractivity contribution < 1.29 is 14.3 Å². The number of esters is 1. The maximum absolute atomic E-state index is 13.8. The molecule has 1 atom stereocenters. The number of hydrogen-bond donors (Lipinski definition) is 0. The molecule has 0 bridgehead atoms. The molecular formula is C26H24Br2N2O4S2. The van der Waals surface area contributed by atoms with Crippen LogP contribution in [-0.4, -0.2) is 30.0 Å². The summed E-state index contributed by atoms with van der Waals surface area (Å²) in [5.74, 6) is 0.242. The Morgan fingerprint density at radius 3 is 2.42 bits per heavy atom. The van der Waals surface area contributed by atoms with Gasteiger partial charge in [-0.15, -0.1) is 11.8 Å². The standard InChI is InChI=1S/C26H24Br2N2O4S2/c1-5-33-23-18(27)11-15(12-19(23)28)13-20-24(31)30-22(16-7-9-17(35-4)10-8-16)21(25(32)34-6-2)14(3)29-26(30)36-20/h7-13,22H,5-6H2,1-4H3/b20-13-/t22-/m1/s1. The first-order valence-electron chi connectivity index (χ1n) is 11.2. The first kappa shape index (κ1) is 26.9. The smallest absolute Gasteiger partial charge is 0.338 e. The van der Waals surface area contributed by atoms with E-state index in [0.29, 0.717) is 33.0 Å². The van der Waals surface area contributed by atoms with Crippen molar-refractivity contribution in [1.82, 2.24) is 4.57 Å². The van der Waals surface area contributed by atoms with E-state index in [2.05, 4.69) is 36.9 Å². The summed E-state index contributed by atoms with van der Waals surface area (Å²) in [7, 11) is 0. The van der Waals surface area contributed by atoms with Crippen LogP contribution in [0.25, 0.3) is 6.08 Å². The second-order valence-corrected chi connectivity index (χ2v) is 11.4. The third kappa shape index (κ3) is 5.27. The van der Waals surface area contributed by atoms with Crippen molar-refractivity contribution in [2.45, 2.75) is 31.7 Å². The Morgan fingerprint density at radius 2 is 1.83 bits per heavy atom. The number of thioether (sulfide) groups is 1. The minimum absolute atomic E-state index is 0.215. The fourth-order valence-electron chi connectivity index (χ4n) is 3.99. The van der Waals surface area contributed by atoms with Gasteiger partial charge in [-0.25, -0.2) is 9.79 Å². The molecule has 188 valence electrons. The van der Waals surface area contributed by atoms with E-state index in [0.717, 1.165) is 25.0 Å². The predicted octanol–water partition coefficient (Wildman–Crippen LogP) is 5.44. The second-order valence-electron chi connectivity index (χ2n) is 7.82. The molecule has 0 N–H and O–H groups in total. The quantitative estimate of drug-likeness (QED) is 0.251. The number of benzene rings is 2. The predicted molar refractivity (Wildman–Crippen MR) is 152 cm³/mol. The number of rotatable bonds is 7. The molecule has 36 heavy (non-hydrogen) atoms. The lowest BCUT2D eigenvalue weighted by Gasteiger charge is -2.24. The number of carbonyl (C=O) groups is 1. The molecule has 1 aliphatic rings. The number of aromatic nitrogens is 1. The Hall–Kier alpha value is -2.14. The number of fused-ring (bicyclic) bond motifs is 1. The Kier molecular flexibility index (Phi) is 8.59. The maximum atomic E-state index is 13.8. The Balaban J connectivity index is 1.91. The summed E-state index contributed by atoms with van der Waals surface area (Å²) in [5, 5.41) is 0. The summed E-state index contributed by atoms with van der Waals surface area (Å²) in [6.45, 7) is 6.24. The highest BCUT2D eigenvalue weighted by atomic mass is 79.9. The molecule has 0 aliphatic carbocycles. The summed E-state index contributed by atoms with van der Waals surface area (Å²) in [6, 6.07) is 11.1. The van der Waals surface area contributed by atoms with Crippen LogP contribution in [0.4, 0.5) is 0 Å². The summed E-state index contributed by atoms with van der Waals surface area (Å²) in [5.41, 5.74) is 2.35. The van der Waals surface area contributed by atoms with Gasteiger partial charge in [0.25, 0.3) is 5.56 Å². The van der Waals surface area contributed by atoms with E-state index in [1.807, 2.05) is 55.7 Å². The van der Waals surface area contributed by atoms with Crippen LogP contribution in [-0.2, 0) is 9.53 Å². The molecule has 3 aromatic rings. The van der Waals surface area contributed by atoms with Gasteiger partial charge in [-0.3, -0.25) is 9.36 Å². The van der Waals surface area contributed by atoms with Crippen molar-refractivity contribution >= 4 is 67.0 Å². The molecule has 0 fully saturated rings. The number of thiazole rings is 1. The third-order valence-electron chi connectivity index (χ3n) is 5.56. The molecule has 4 rings (SSSR count). The highest BCUT2D eigenvalue weighted by Gasteiger charge is 2.33. The zero-order valence-electron chi connectivity index (χ0n) is 20.1. The molecule has 10 heteroatoms. The van der Waals surface area contributed by atoms with E-state index in [4.69, 9.17) is 9.47 Å². The van der Waals surface area contributed by atoms with Crippen LogP contribution in [0.2, 0.25) is 0 Å². The van der Waals surface area contributed by atoms with E-state index in [9.17, 15) is 9.59 Å². The summed E-state index contributed by atoms with van der Waals surface area (Å²) in [4.78, 5) is 33.0. The number of halogens is 2. The minimum atomic E-state index is -0.628. The molecule has 0 spiro atoms. The molecule has 6 nitrogen and oxygen atoms in total. The topological polar surface area (TPSA) is 69.9 Å². The van der Waals surface area contributed by atoms with Gasteiger partial charge in [0.2, 0.25) is 0 Å². The third-order valence-corrected chi connectivity index (χ3v) is 8.46. The molecular weight excluding hydrogens is 628 g/mol. The number of allylic oxidation sites excluding steroid dienone is 1. The van der Waals surface area contributed by atoms with E-state index in [1.54, 1.807) is 30.2 Å². The van der Waals surface area contributed by atoms with Gasteiger partial charge in [0.1, 0.15) is 5.75 Å². The molecule has 0 unspecified atom stereocenters. The zero-order chi connectivity index (χ0) is 26.0. The number of ether oxygens (including phenoxy) is 2. The van der Waals surface area contributed by atoms with Crippen molar-refractivity contribution in [2.24, 2.45) is 4.99 Å². The molecule has 1 aliphatic heterocycles. The molecule has 0 saturated carbocycles. The lowest BCUT2D eigenvalue weighted by atomic mass is 9.96. The van der Waals surface area contributed by atoms with Crippen molar-refractivity contribution in [3.05, 3.63) is 87.4 Å². The summed E-state index contributed by atoms with van der Waals surface area (Å²) < 4.78 is 14.7. The fraction of sp³-hybridized carbons (Fsp3) is 0.269. The lowest BCUT2D eigenvalue weighted by Crippen LogP contribution is -2.39. The van der Waals surface area contributed by atoms with Crippen LogP contribution in [0.1, 0.15) is 37.9 Å². The largest absolute Gasteiger partial charge is 0.492 e. The fourth-order valence-corrected chi connectivity index (χ4v) is 6.90. The van der Waals surface area contributed by atoms with E-state index >= 15 is 0 Å². The van der Waals surface area contributed by atoms with E-state index < -0.39 is 12.0 Å². The zero-order valence-corrected chi connectivity index (χ0v) is 24.9. The van der Waals surface area contributed by atoms with E-state index in [1.165, 1.54) is 11.3 Å². The first-order valence-corrected chi connectivity index (χ1v) is 14.9. The Bertz CT molecular complexity index is 1500. The van der Waals surface area contributed by atoms with Gasteiger partial charge in [0, 0.05) is 4.90 Å². The lowest BCUT2D eigenvalue weighted by molar-refractivity contribution is -0.139. The van der Waals surface area contributed by atoms with Crippen molar-refractivity contribution in [3.8, 4) is 5.75 Å². The summed E-state index contributed by atoms with van der Waals surface area (Å²) >= 11 is 10.0. The van der Waals surface area contributed by atoms with Gasteiger partial charge in [0.05, 0.1) is 44.0 Å². The van der Waals surface area contributed by atoms with Crippen LogP contribution < -0.4 is 19.6 Å². The first-order chi connectivity index (χ1) is 17.3. The molecule has 2 heterocycles. The average molecular weight is 652 g/mol. The molecule has 0 saturated heterocycles. The Morgan fingerprint density at radius 1 is 1.17 bits per heavy atom. The van der Waals surface area contributed by atoms with Gasteiger partial charge in [0.15, 0.2) is 4.80 Å². The number of carbonyl (C=O) groups excluding carboxylic acids is 1. The summed E-state index contributed by atoms with van der Waals surface area (Å²) in [6.07, 6.45) is 3.83. The number of hydrogen-bond acceptors (Lipinski definition) is 7. The average Bonchev–Trinajstić information content (AvgIpc) is 3.15.